The van der Waals surface area contributed by atoms with Crippen LogP contribution in [0.1, 0.15) is 23.9 Å². The third-order valence-electron chi connectivity index (χ3n) is 3.52. The van der Waals surface area contributed by atoms with Gasteiger partial charge in [0, 0.05) is 5.56 Å². The molecule has 1 atom stereocenters. The highest BCUT2D eigenvalue weighted by atomic mass is 19.4. The molecule has 0 aromatic carbocycles. The fourth-order valence-electron chi connectivity index (χ4n) is 2.03. The monoisotopic (exact) mass is 398 g/mol. The first-order valence-corrected chi connectivity index (χ1v) is 6.96. The standard InChI is InChI=1S/C14H12F6N4O3/c1-4-5-6(13(15,16)17)9(26-3)22-8(7(5)21)10-23-24-11(27-10)12(2,25)14(18,19)20/h4,25H,1,21H2,2-3H3. The van der Waals surface area contributed by atoms with Crippen molar-refractivity contribution in [2.45, 2.75) is 24.9 Å². The first-order valence-electron chi connectivity index (χ1n) is 6.96. The molecule has 1 unspecified atom stereocenters. The molecule has 148 valence electrons. The number of ether oxygens (including phenoxy) is 1. The normalized spacial score (nSPS) is 14.7. The summed E-state index contributed by atoms with van der Waals surface area (Å²) in [5.74, 6) is -2.92. The van der Waals surface area contributed by atoms with Crippen LogP contribution in [-0.2, 0) is 11.8 Å². The molecule has 0 radical (unpaired) electrons. The minimum atomic E-state index is -5.15. The summed E-state index contributed by atoms with van der Waals surface area (Å²) < 4.78 is 87.7. The third kappa shape index (κ3) is 3.41. The van der Waals surface area contributed by atoms with E-state index >= 15 is 0 Å². The third-order valence-corrected chi connectivity index (χ3v) is 3.52. The van der Waals surface area contributed by atoms with Gasteiger partial charge in [0.25, 0.3) is 11.8 Å². The van der Waals surface area contributed by atoms with E-state index in [0.717, 1.165) is 13.2 Å². The fraction of sp³-hybridized carbons (Fsp3) is 0.357. The lowest BCUT2D eigenvalue weighted by Crippen LogP contribution is -2.39. The molecule has 0 fully saturated rings. The highest BCUT2D eigenvalue weighted by Crippen LogP contribution is 2.44. The molecule has 0 aliphatic heterocycles. The Morgan fingerprint density at radius 2 is 1.78 bits per heavy atom. The number of aromatic nitrogens is 3. The number of hydrogen-bond donors (Lipinski definition) is 2. The minimum absolute atomic E-state index is 0.365. The van der Waals surface area contributed by atoms with Gasteiger partial charge in [-0.25, -0.2) is 4.98 Å². The molecule has 2 aromatic heterocycles. The zero-order valence-corrected chi connectivity index (χ0v) is 13.7. The van der Waals surface area contributed by atoms with E-state index in [4.69, 9.17) is 10.2 Å². The van der Waals surface area contributed by atoms with Gasteiger partial charge in [0.2, 0.25) is 11.5 Å². The number of nitrogens with two attached hydrogens (primary N) is 1. The van der Waals surface area contributed by atoms with Crippen LogP contribution in [0.4, 0.5) is 32.0 Å². The van der Waals surface area contributed by atoms with Gasteiger partial charge < -0.3 is 20.0 Å². The van der Waals surface area contributed by atoms with E-state index in [9.17, 15) is 31.4 Å². The van der Waals surface area contributed by atoms with Crippen molar-refractivity contribution in [1.29, 1.82) is 0 Å². The maximum atomic E-state index is 13.3. The molecule has 27 heavy (non-hydrogen) atoms. The summed E-state index contributed by atoms with van der Waals surface area (Å²) in [5, 5.41) is 15.9. The maximum absolute atomic E-state index is 13.3. The zero-order chi connectivity index (χ0) is 20.8. The number of methoxy groups -OCH3 is 1. The van der Waals surface area contributed by atoms with Crippen LogP contribution in [-0.4, -0.2) is 33.6 Å². The molecule has 13 heteroatoms. The molecule has 0 spiro atoms. The smallest absolute Gasteiger partial charge is 0.426 e. The Labute approximate surface area is 147 Å². The second-order valence-corrected chi connectivity index (χ2v) is 5.36. The summed E-state index contributed by atoms with van der Waals surface area (Å²) in [7, 11) is 0.901. The van der Waals surface area contributed by atoms with Crippen molar-refractivity contribution in [2.24, 2.45) is 0 Å². The van der Waals surface area contributed by atoms with Crippen LogP contribution in [0, 0.1) is 0 Å². The average Bonchev–Trinajstić information content (AvgIpc) is 3.02. The van der Waals surface area contributed by atoms with Crippen LogP contribution in [0.5, 0.6) is 5.88 Å². The second kappa shape index (κ2) is 6.40. The molecule has 0 saturated carbocycles. The molecule has 0 amide bonds. The lowest BCUT2D eigenvalue weighted by molar-refractivity contribution is -0.266. The lowest BCUT2D eigenvalue weighted by Gasteiger charge is -2.21. The number of halogens is 6. The molecule has 0 bridgehead atoms. The number of rotatable bonds is 4. The first kappa shape index (κ1) is 20.5. The van der Waals surface area contributed by atoms with E-state index < -0.39 is 58.1 Å². The van der Waals surface area contributed by atoms with Gasteiger partial charge in [0.1, 0.15) is 5.56 Å². The number of hydrogen-bond acceptors (Lipinski definition) is 7. The second-order valence-electron chi connectivity index (χ2n) is 5.36. The van der Waals surface area contributed by atoms with E-state index in [0.29, 0.717) is 6.92 Å². The number of nitrogens with zero attached hydrogens (tertiary/aromatic N) is 3. The van der Waals surface area contributed by atoms with E-state index in [1.54, 1.807) is 0 Å². The Hall–Kier alpha value is -2.83. The van der Waals surface area contributed by atoms with Crippen molar-refractivity contribution in [3.63, 3.8) is 0 Å². The molecular weight excluding hydrogens is 386 g/mol. The molecule has 2 rings (SSSR count). The van der Waals surface area contributed by atoms with Gasteiger partial charge in [0.05, 0.1) is 12.8 Å². The lowest BCUT2D eigenvalue weighted by atomic mass is 10.0. The summed E-state index contributed by atoms with van der Waals surface area (Å²) in [5.41, 5.74) is -0.998. The number of nitrogen functional groups attached to an aromatic ring is 1. The topological polar surface area (TPSA) is 107 Å². The molecule has 0 aliphatic rings. The Balaban J connectivity index is 2.70. The molecule has 3 N–H and O–H groups in total. The highest BCUT2D eigenvalue weighted by Gasteiger charge is 2.55. The van der Waals surface area contributed by atoms with E-state index in [1.807, 2.05) is 0 Å². The van der Waals surface area contributed by atoms with Crippen LogP contribution in [0.3, 0.4) is 0 Å². The number of pyridine rings is 1. The van der Waals surface area contributed by atoms with Gasteiger partial charge in [0.15, 0.2) is 5.69 Å². The Morgan fingerprint density at radius 1 is 1.19 bits per heavy atom. The van der Waals surface area contributed by atoms with Crippen LogP contribution in [0.15, 0.2) is 11.0 Å². The van der Waals surface area contributed by atoms with Gasteiger partial charge >= 0.3 is 12.4 Å². The van der Waals surface area contributed by atoms with Crippen LogP contribution in [0.2, 0.25) is 0 Å². The molecule has 2 heterocycles. The molecule has 7 nitrogen and oxygen atoms in total. The minimum Gasteiger partial charge on any atom is -0.481 e. The fourth-order valence-corrected chi connectivity index (χ4v) is 2.03. The van der Waals surface area contributed by atoms with Crippen molar-refractivity contribution < 1.29 is 40.6 Å². The first-order chi connectivity index (χ1) is 12.3. The van der Waals surface area contributed by atoms with Crippen molar-refractivity contribution in [3.05, 3.63) is 23.6 Å². The summed E-state index contributed by atoms with van der Waals surface area (Å²) in [6.07, 6.45) is -9.29. The average molecular weight is 398 g/mol. The van der Waals surface area contributed by atoms with Crippen molar-refractivity contribution in [3.8, 4) is 17.5 Å². The van der Waals surface area contributed by atoms with Crippen molar-refractivity contribution in [1.82, 2.24) is 15.2 Å². The SMILES string of the molecule is C=Cc1c(N)c(-c2nnc(C(C)(O)C(F)(F)F)o2)nc(OC)c1C(F)(F)F. The van der Waals surface area contributed by atoms with Crippen LogP contribution < -0.4 is 10.5 Å². The molecule has 0 saturated heterocycles. The van der Waals surface area contributed by atoms with E-state index in [1.165, 1.54) is 0 Å². The predicted octanol–water partition coefficient (Wildman–Crippen LogP) is 3.15. The molecule has 2 aromatic rings. The number of anilines is 1. The summed E-state index contributed by atoms with van der Waals surface area (Å²) in [6.45, 7) is 3.60. The van der Waals surface area contributed by atoms with E-state index in [-0.39, 0.29) is 0 Å². The summed E-state index contributed by atoms with van der Waals surface area (Å²) >= 11 is 0. The summed E-state index contributed by atoms with van der Waals surface area (Å²) in [4.78, 5) is 3.52. The molecule has 0 aliphatic carbocycles. The van der Waals surface area contributed by atoms with Crippen LogP contribution >= 0.6 is 0 Å². The summed E-state index contributed by atoms with van der Waals surface area (Å²) in [6, 6.07) is 0. The van der Waals surface area contributed by atoms with Crippen molar-refractivity contribution >= 4 is 11.8 Å². The number of aliphatic hydroxyl groups is 1. The maximum Gasteiger partial charge on any atom is 0.426 e. The van der Waals surface area contributed by atoms with E-state index in [2.05, 4.69) is 26.5 Å². The number of alkyl halides is 6. The van der Waals surface area contributed by atoms with Crippen LogP contribution in [0.25, 0.3) is 17.7 Å². The largest absolute Gasteiger partial charge is 0.481 e. The van der Waals surface area contributed by atoms with Gasteiger partial charge in [-0.3, -0.25) is 0 Å². The van der Waals surface area contributed by atoms with Gasteiger partial charge in [-0.05, 0) is 6.92 Å². The Morgan fingerprint density at radius 3 is 2.22 bits per heavy atom. The van der Waals surface area contributed by atoms with Crippen molar-refractivity contribution in [2.75, 3.05) is 12.8 Å². The highest BCUT2D eigenvalue weighted by molar-refractivity contribution is 5.80. The van der Waals surface area contributed by atoms with Gasteiger partial charge in [-0.2, -0.15) is 26.3 Å². The zero-order valence-electron chi connectivity index (χ0n) is 13.7. The Bertz CT molecular complexity index is 873. The van der Waals surface area contributed by atoms with Gasteiger partial charge in [-0.1, -0.05) is 12.7 Å². The molecular formula is C14H12F6N4O3. The Kier molecular flexibility index (Phi) is 4.86. The quantitative estimate of drug-likeness (QED) is 0.762. The van der Waals surface area contributed by atoms with Gasteiger partial charge in [-0.15, -0.1) is 10.2 Å². The predicted molar refractivity (Wildman–Crippen MR) is 79.2 cm³/mol.